The predicted octanol–water partition coefficient (Wildman–Crippen LogP) is 3.22. The van der Waals surface area contributed by atoms with Crippen LogP contribution in [-0.4, -0.2) is 17.1 Å². The molecule has 0 bridgehead atoms. The van der Waals surface area contributed by atoms with Gasteiger partial charge < -0.3 is 5.11 Å². The fourth-order valence-electron chi connectivity index (χ4n) is 2.53. The summed E-state index contributed by atoms with van der Waals surface area (Å²) in [5.41, 5.74) is 0. The third kappa shape index (κ3) is 2.66. The molecule has 0 radical (unpaired) electrons. The highest BCUT2D eigenvalue weighted by Crippen LogP contribution is 2.38. The summed E-state index contributed by atoms with van der Waals surface area (Å²) >= 11 is 0. The van der Waals surface area contributed by atoms with Crippen molar-refractivity contribution in [1.29, 1.82) is 0 Å². The second-order valence-corrected chi connectivity index (χ2v) is 4.52. The van der Waals surface area contributed by atoms with Crippen LogP contribution in [0.3, 0.4) is 0 Å². The molecule has 1 aliphatic rings. The van der Waals surface area contributed by atoms with Gasteiger partial charge in [0.2, 0.25) is 0 Å². The number of rotatable bonds is 3. The van der Waals surface area contributed by atoms with Crippen LogP contribution in [0.1, 0.15) is 46.0 Å². The lowest BCUT2D eigenvalue weighted by Crippen LogP contribution is -2.41. The molecule has 0 amide bonds. The quantitative estimate of drug-likeness (QED) is 0.751. The van der Waals surface area contributed by atoms with Crippen LogP contribution < -0.4 is 0 Å². The van der Waals surface area contributed by atoms with Crippen LogP contribution in [-0.2, 0) is 0 Å². The van der Waals surface area contributed by atoms with E-state index < -0.39 is 12.0 Å². The third-order valence-corrected chi connectivity index (χ3v) is 3.42. The number of hydrogen-bond acceptors (Lipinski definition) is 1. The van der Waals surface area contributed by atoms with Gasteiger partial charge in [0, 0.05) is 6.92 Å². The summed E-state index contributed by atoms with van der Waals surface area (Å²) in [7, 11) is 0. The van der Waals surface area contributed by atoms with Crippen LogP contribution >= 0.6 is 0 Å². The highest BCUT2D eigenvalue weighted by atomic mass is 19.3. The molecular formula is C11H20F2O. The Morgan fingerprint density at radius 1 is 1.36 bits per heavy atom. The summed E-state index contributed by atoms with van der Waals surface area (Å²) in [4.78, 5) is 0. The maximum Gasteiger partial charge on any atom is 0.271 e. The Kier molecular flexibility index (Phi) is 3.87. The molecule has 3 atom stereocenters. The van der Waals surface area contributed by atoms with E-state index in [1.54, 1.807) is 0 Å². The van der Waals surface area contributed by atoms with Crippen LogP contribution in [0.4, 0.5) is 8.78 Å². The number of alkyl halides is 2. The fourth-order valence-corrected chi connectivity index (χ4v) is 2.53. The standard InChI is InChI=1S/C11H20F2O/c1-3-8-6-4-5-7-9(8)10(14)11(2,12)13/h8-10,14H,3-7H2,1-2H3. The molecule has 1 aliphatic carbocycles. The van der Waals surface area contributed by atoms with Gasteiger partial charge >= 0.3 is 0 Å². The van der Waals surface area contributed by atoms with Gasteiger partial charge in [0.1, 0.15) is 6.10 Å². The average molecular weight is 206 g/mol. The Bertz CT molecular complexity index is 177. The zero-order chi connectivity index (χ0) is 10.8. The molecule has 3 heteroatoms. The van der Waals surface area contributed by atoms with E-state index in [1.807, 2.05) is 6.92 Å². The van der Waals surface area contributed by atoms with E-state index in [9.17, 15) is 13.9 Å². The molecule has 14 heavy (non-hydrogen) atoms. The molecule has 0 aromatic rings. The summed E-state index contributed by atoms with van der Waals surface area (Å²) in [6.45, 7) is 2.84. The lowest BCUT2D eigenvalue weighted by molar-refractivity contribution is -0.133. The van der Waals surface area contributed by atoms with Crippen molar-refractivity contribution in [2.45, 2.75) is 58.0 Å². The lowest BCUT2D eigenvalue weighted by Gasteiger charge is -2.36. The Balaban J connectivity index is 2.63. The molecule has 0 spiro atoms. The molecule has 0 aromatic heterocycles. The third-order valence-electron chi connectivity index (χ3n) is 3.42. The molecule has 1 fully saturated rings. The molecule has 1 rings (SSSR count). The van der Waals surface area contributed by atoms with Gasteiger partial charge in [-0.1, -0.05) is 32.6 Å². The molecular weight excluding hydrogens is 186 g/mol. The van der Waals surface area contributed by atoms with Gasteiger partial charge in [-0.2, -0.15) is 0 Å². The largest absolute Gasteiger partial charge is 0.387 e. The smallest absolute Gasteiger partial charge is 0.271 e. The maximum atomic E-state index is 13.0. The Morgan fingerprint density at radius 2 is 1.93 bits per heavy atom. The Hall–Kier alpha value is -0.180. The van der Waals surface area contributed by atoms with Crippen molar-refractivity contribution in [2.75, 3.05) is 0 Å². The van der Waals surface area contributed by atoms with Crippen molar-refractivity contribution >= 4 is 0 Å². The van der Waals surface area contributed by atoms with E-state index in [0.29, 0.717) is 0 Å². The number of aliphatic hydroxyl groups excluding tert-OH is 1. The minimum Gasteiger partial charge on any atom is -0.387 e. The fraction of sp³-hybridized carbons (Fsp3) is 1.00. The average Bonchev–Trinajstić information content (AvgIpc) is 2.15. The van der Waals surface area contributed by atoms with E-state index in [1.165, 1.54) is 0 Å². The van der Waals surface area contributed by atoms with E-state index in [0.717, 1.165) is 39.0 Å². The van der Waals surface area contributed by atoms with Crippen molar-refractivity contribution in [3.05, 3.63) is 0 Å². The van der Waals surface area contributed by atoms with E-state index in [4.69, 9.17) is 0 Å². The minimum atomic E-state index is -2.95. The highest BCUT2D eigenvalue weighted by molar-refractivity contribution is 4.85. The molecule has 0 heterocycles. The van der Waals surface area contributed by atoms with E-state index >= 15 is 0 Å². The predicted molar refractivity (Wildman–Crippen MR) is 52.4 cm³/mol. The molecule has 0 aromatic carbocycles. The zero-order valence-electron chi connectivity index (χ0n) is 8.97. The van der Waals surface area contributed by atoms with Gasteiger partial charge in [-0.25, -0.2) is 8.78 Å². The van der Waals surface area contributed by atoms with Gasteiger partial charge in [-0.05, 0) is 18.3 Å². The summed E-state index contributed by atoms with van der Waals surface area (Å²) in [6.07, 6.45) is 3.30. The molecule has 0 saturated heterocycles. The SMILES string of the molecule is CCC1CCCCC1C(O)C(C)(F)F. The normalized spacial score (nSPS) is 31.5. The first kappa shape index (κ1) is 11.9. The molecule has 3 unspecified atom stereocenters. The summed E-state index contributed by atoms with van der Waals surface area (Å²) < 4.78 is 25.9. The van der Waals surface area contributed by atoms with Gasteiger partial charge in [0.05, 0.1) is 0 Å². The first-order valence-corrected chi connectivity index (χ1v) is 5.52. The van der Waals surface area contributed by atoms with Crippen LogP contribution in [0.25, 0.3) is 0 Å². The lowest BCUT2D eigenvalue weighted by atomic mass is 9.74. The van der Waals surface area contributed by atoms with Gasteiger partial charge in [0.15, 0.2) is 0 Å². The maximum absolute atomic E-state index is 13.0. The molecule has 1 N–H and O–H groups in total. The van der Waals surface area contributed by atoms with Crippen molar-refractivity contribution in [1.82, 2.24) is 0 Å². The van der Waals surface area contributed by atoms with Gasteiger partial charge in [0.25, 0.3) is 5.92 Å². The second-order valence-electron chi connectivity index (χ2n) is 4.52. The highest BCUT2D eigenvalue weighted by Gasteiger charge is 2.41. The number of hydrogen-bond donors (Lipinski definition) is 1. The second kappa shape index (κ2) is 4.56. The minimum absolute atomic E-state index is 0.200. The summed E-state index contributed by atoms with van der Waals surface area (Å²) in [6, 6.07) is 0. The molecule has 84 valence electrons. The molecule has 1 nitrogen and oxygen atoms in total. The summed E-state index contributed by atoms with van der Waals surface area (Å²) in [5, 5.41) is 9.56. The topological polar surface area (TPSA) is 20.2 Å². The number of halogens is 2. The molecule has 0 aliphatic heterocycles. The Labute approximate surface area is 84.5 Å². The van der Waals surface area contributed by atoms with E-state index in [2.05, 4.69) is 0 Å². The van der Waals surface area contributed by atoms with Crippen molar-refractivity contribution in [2.24, 2.45) is 11.8 Å². The molecule has 1 saturated carbocycles. The van der Waals surface area contributed by atoms with Crippen molar-refractivity contribution in [3.8, 4) is 0 Å². The van der Waals surface area contributed by atoms with Crippen molar-refractivity contribution < 1.29 is 13.9 Å². The summed E-state index contributed by atoms with van der Waals surface area (Å²) in [5.74, 6) is -2.87. The van der Waals surface area contributed by atoms with E-state index in [-0.39, 0.29) is 11.8 Å². The first-order chi connectivity index (χ1) is 6.46. The monoisotopic (exact) mass is 206 g/mol. The van der Waals surface area contributed by atoms with Crippen LogP contribution in [0.2, 0.25) is 0 Å². The Morgan fingerprint density at radius 3 is 2.43 bits per heavy atom. The zero-order valence-corrected chi connectivity index (χ0v) is 8.97. The van der Waals surface area contributed by atoms with Crippen molar-refractivity contribution in [3.63, 3.8) is 0 Å². The number of aliphatic hydroxyl groups is 1. The van der Waals surface area contributed by atoms with Gasteiger partial charge in [-0.15, -0.1) is 0 Å². The van der Waals surface area contributed by atoms with Crippen LogP contribution in [0, 0.1) is 11.8 Å². The van der Waals surface area contributed by atoms with Crippen LogP contribution in [0.15, 0.2) is 0 Å². The van der Waals surface area contributed by atoms with Gasteiger partial charge in [-0.3, -0.25) is 0 Å². The van der Waals surface area contributed by atoms with Crippen LogP contribution in [0.5, 0.6) is 0 Å². The first-order valence-electron chi connectivity index (χ1n) is 5.52.